The molecule has 0 saturated heterocycles. The molecule has 0 radical (unpaired) electrons. The molecule has 0 aliphatic carbocycles. The minimum atomic E-state index is -0.930. The molecule has 76 valence electrons. The van der Waals surface area contributed by atoms with E-state index in [9.17, 15) is 4.79 Å². The van der Waals surface area contributed by atoms with Crippen molar-refractivity contribution in [1.82, 2.24) is 10.2 Å². The van der Waals surface area contributed by atoms with Gasteiger partial charge in [-0.25, -0.2) is 4.79 Å². The zero-order valence-corrected chi connectivity index (χ0v) is 8.34. The molecule has 0 saturated carbocycles. The van der Waals surface area contributed by atoms with Crippen LogP contribution in [0.15, 0.2) is 12.2 Å². The standard InChI is InChI=1S/C9H18N2O2/c1-8(9(12)13)7-10-5-4-6-11(2)3/h10H,1,4-7H2,2-3H3,(H,12,13). The lowest BCUT2D eigenvalue weighted by Crippen LogP contribution is -2.24. The summed E-state index contributed by atoms with van der Waals surface area (Å²) >= 11 is 0. The third-order valence-electron chi connectivity index (χ3n) is 1.60. The predicted molar refractivity (Wildman–Crippen MR) is 52.8 cm³/mol. The topological polar surface area (TPSA) is 52.6 Å². The van der Waals surface area contributed by atoms with Gasteiger partial charge in [-0.3, -0.25) is 0 Å². The normalized spacial score (nSPS) is 10.4. The van der Waals surface area contributed by atoms with Crippen LogP contribution >= 0.6 is 0 Å². The van der Waals surface area contributed by atoms with E-state index in [1.54, 1.807) is 0 Å². The average Bonchev–Trinajstić information content (AvgIpc) is 2.02. The number of carbonyl (C=O) groups is 1. The molecule has 0 fully saturated rings. The van der Waals surface area contributed by atoms with Crippen molar-refractivity contribution >= 4 is 5.97 Å². The first-order valence-corrected chi connectivity index (χ1v) is 4.30. The molecule has 0 amide bonds. The molecular formula is C9H18N2O2. The van der Waals surface area contributed by atoms with Gasteiger partial charge in [0.1, 0.15) is 0 Å². The lowest BCUT2D eigenvalue weighted by molar-refractivity contribution is -0.132. The number of nitrogens with zero attached hydrogens (tertiary/aromatic N) is 1. The van der Waals surface area contributed by atoms with Crippen LogP contribution in [0, 0.1) is 0 Å². The average molecular weight is 186 g/mol. The Morgan fingerprint density at radius 1 is 1.54 bits per heavy atom. The highest BCUT2D eigenvalue weighted by molar-refractivity contribution is 5.86. The van der Waals surface area contributed by atoms with Crippen molar-refractivity contribution in [2.45, 2.75) is 6.42 Å². The van der Waals surface area contributed by atoms with E-state index >= 15 is 0 Å². The lowest BCUT2D eigenvalue weighted by atomic mass is 10.3. The zero-order chi connectivity index (χ0) is 10.3. The number of nitrogens with one attached hydrogen (secondary N) is 1. The van der Waals surface area contributed by atoms with Gasteiger partial charge in [-0.2, -0.15) is 0 Å². The number of carboxylic acids is 1. The van der Waals surface area contributed by atoms with E-state index in [4.69, 9.17) is 5.11 Å². The fourth-order valence-electron chi connectivity index (χ4n) is 0.835. The largest absolute Gasteiger partial charge is 0.478 e. The van der Waals surface area contributed by atoms with Gasteiger partial charge in [-0.05, 0) is 33.6 Å². The van der Waals surface area contributed by atoms with E-state index in [1.165, 1.54) is 0 Å². The highest BCUT2D eigenvalue weighted by atomic mass is 16.4. The van der Waals surface area contributed by atoms with Crippen LogP contribution in [0.1, 0.15) is 6.42 Å². The first-order valence-electron chi connectivity index (χ1n) is 4.30. The fraction of sp³-hybridized carbons (Fsp3) is 0.667. The monoisotopic (exact) mass is 186 g/mol. The van der Waals surface area contributed by atoms with E-state index in [0.717, 1.165) is 19.5 Å². The first-order chi connectivity index (χ1) is 6.04. The molecule has 0 bridgehead atoms. The molecule has 4 heteroatoms. The second-order valence-corrected chi connectivity index (χ2v) is 3.24. The number of aliphatic carboxylic acids is 1. The van der Waals surface area contributed by atoms with Gasteiger partial charge >= 0.3 is 5.97 Å². The van der Waals surface area contributed by atoms with E-state index < -0.39 is 5.97 Å². The molecule has 0 aliphatic rings. The summed E-state index contributed by atoms with van der Waals surface area (Å²) in [5.41, 5.74) is 0.213. The van der Waals surface area contributed by atoms with Gasteiger partial charge in [0.25, 0.3) is 0 Å². The molecule has 2 N–H and O–H groups in total. The third kappa shape index (κ3) is 7.49. The molecule has 0 spiro atoms. The number of carboxylic acid groups (broad SMARTS) is 1. The van der Waals surface area contributed by atoms with Crippen LogP contribution in [-0.2, 0) is 4.79 Å². The highest BCUT2D eigenvalue weighted by Gasteiger charge is 2.01. The number of rotatable bonds is 7. The molecule has 0 heterocycles. The van der Waals surface area contributed by atoms with Crippen LogP contribution in [0.2, 0.25) is 0 Å². The summed E-state index contributed by atoms with van der Waals surface area (Å²) in [6.45, 7) is 5.61. The second-order valence-electron chi connectivity index (χ2n) is 3.24. The van der Waals surface area contributed by atoms with Gasteiger partial charge in [0.15, 0.2) is 0 Å². The molecule has 0 aromatic rings. The summed E-state index contributed by atoms with van der Waals surface area (Å²) in [5.74, 6) is -0.930. The van der Waals surface area contributed by atoms with Crippen molar-refractivity contribution in [2.75, 3.05) is 33.7 Å². The van der Waals surface area contributed by atoms with Gasteiger partial charge < -0.3 is 15.3 Å². The zero-order valence-electron chi connectivity index (χ0n) is 8.34. The SMILES string of the molecule is C=C(CNCCCN(C)C)C(=O)O. The van der Waals surface area contributed by atoms with Crippen molar-refractivity contribution in [3.63, 3.8) is 0 Å². The summed E-state index contributed by atoms with van der Waals surface area (Å²) in [5, 5.41) is 11.5. The van der Waals surface area contributed by atoms with Crippen molar-refractivity contribution in [3.8, 4) is 0 Å². The minimum Gasteiger partial charge on any atom is -0.478 e. The highest BCUT2D eigenvalue weighted by Crippen LogP contribution is 1.87. The van der Waals surface area contributed by atoms with E-state index in [-0.39, 0.29) is 5.57 Å². The van der Waals surface area contributed by atoms with Gasteiger partial charge in [-0.1, -0.05) is 6.58 Å². The third-order valence-corrected chi connectivity index (χ3v) is 1.60. The number of hydrogen-bond acceptors (Lipinski definition) is 3. The maximum Gasteiger partial charge on any atom is 0.332 e. The van der Waals surface area contributed by atoms with Gasteiger partial charge in [-0.15, -0.1) is 0 Å². The van der Waals surface area contributed by atoms with E-state index in [1.807, 2.05) is 14.1 Å². The Morgan fingerprint density at radius 2 is 2.15 bits per heavy atom. The van der Waals surface area contributed by atoms with Crippen molar-refractivity contribution in [1.29, 1.82) is 0 Å². The maximum atomic E-state index is 10.3. The van der Waals surface area contributed by atoms with Crippen molar-refractivity contribution in [3.05, 3.63) is 12.2 Å². The lowest BCUT2D eigenvalue weighted by Gasteiger charge is -2.09. The van der Waals surface area contributed by atoms with Crippen LogP contribution in [0.25, 0.3) is 0 Å². The van der Waals surface area contributed by atoms with Gasteiger partial charge in [0.05, 0.1) is 0 Å². The van der Waals surface area contributed by atoms with Crippen LogP contribution in [0.5, 0.6) is 0 Å². The summed E-state index contributed by atoms with van der Waals surface area (Å²) in [6.07, 6.45) is 1.01. The first kappa shape index (κ1) is 12.1. The van der Waals surface area contributed by atoms with E-state index in [0.29, 0.717) is 6.54 Å². The Balaban J connectivity index is 3.26. The smallest absolute Gasteiger partial charge is 0.332 e. The molecular weight excluding hydrogens is 168 g/mol. The van der Waals surface area contributed by atoms with Crippen molar-refractivity contribution < 1.29 is 9.90 Å². The molecule has 0 aromatic carbocycles. The predicted octanol–water partition coefficient (Wildman–Crippen LogP) is 0.169. The van der Waals surface area contributed by atoms with Crippen LogP contribution < -0.4 is 5.32 Å². The molecule has 0 rings (SSSR count). The number of hydrogen-bond donors (Lipinski definition) is 2. The quantitative estimate of drug-likeness (QED) is 0.439. The molecule has 0 aliphatic heterocycles. The van der Waals surface area contributed by atoms with Gasteiger partial charge in [0, 0.05) is 12.1 Å². The Bertz CT molecular complexity index is 178. The van der Waals surface area contributed by atoms with Crippen molar-refractivity contribution in [2.24, 2.45) is 0 Å². The summed E-state index contributed by atoms with van der Waals surface area (Å²) in [4.78, 5) is 12.4. The molecule has 0 aromatic heterocycles. The minimum absolute atomic E-state index is 0.213. The van der Waals surface area contributed by atoms with Crippen LogP contribution in [-0.4, -0.2) is 49.7 Å². The fourth-order valence-corrected chi connectivity index (χ4v) is 0.835. The van der Waals surface area contributed by atoms with Crippen LogP contribution in [0.4, 0.5) is 0 Å². The Labute approximate surface area is 79.2 Å². The molecule has 4 nitrogen and oxygen atoms in total. The maximum absolute atomic E-state index is 10.3. The Hall–Kier alpha value is -0.870. The van der Waals surface area contributed by atoms with Crippen LogP contribution in [0.3, 0.4) is 0 Å². The summed E-state index contributed by atoms with van der Waals surface area (Å²) in [6, 6.07) is 0. The summed E-state index contributed by atoms with van der Waals surface area (Å²) < 4.78 is 0. The molecule has 0 unspecified atom stereocenters. The Morgan fingerprint density at radius 3 is 2.62 bits per heavy atom. The second kappa shape index (κ2) is 6.62. The molecule has 0 atom stereocenters. The Kier molecular flexibility index (Phi) is 6.18. The molecule has 13 heavy (non-hydrogen) atoms. The van der Waals surface area contributed by atoms with E-state index in [2.05, 4.69) is 16.8 Å². The van der Waals surface area contributed by atoms with Gasteiger partial charge in [0.2, 0.25) is 0 Å². The summed E-state index contributed by atoms with van der Waals surface area (Å²) in [7, 11) is 4.02.